The van der Waals surface area contributed by atoms with Crippen molar-refractivity contribution in [3.63, 3.8) is 0 Å². The van der Waals surface area contributed by atoms with Gasteiger partial charge >= 0.3 is 0 Å². The number of para-hydroxylation sites is 1. The van der Waals surface area contributed by atoms with Gasteiger partial charge in [-0.1, -0.05) is 54.1 Å². The van der Waals surface area contributed by atoms with Crippen LogP contribution in [0.15, 0.2) is 54.6 Å². The van der Waals surface area contributed by atoms with Crippen molar-refractivity contribution in [2.24, 2.45) is 0 Å². The fourth-order valence-corrected chi connectivity index (χ4v) is 1.70. The molecule has 0 bridgehead atoms. The van der Waals surface area contributed by atoms with E-state index in [-0.39, 0.29) is 12.5 Å². The van der Waals surface area contributed by atoms with Gasteiger partial charge in [0.15, 0.2) is 6.61 Å². The van der Waals surface area contributed by atoms with E-state index in [0.717, 1.165) is 5.56 Å². The van der Waals surface area contributed by atoms with E-state index in [1.807, 2.05) is 30.3 Å². The van der Waals surface area contributed by atoms with Crippen LogP contribution in [0.5, 0.6) is 5.75 Å². The lowest BCUT2D eigenvalue weighted by Crippen LogP contribution is -2.28. The lowest BCUT2D eigenvalue weighted by Gasteiger charge is -2.08. The summed E-state index contributed by atoms with van der Waals surface area (Å²) in [5, 5.41) is 0.463. The molecule has 2 aromatic carbocycles. The van der Waals surface area contributed by atoms with Crippen molar-refractivity contribution in [1.82, 2.24) is 5.48 Å². The van der Waals surface area contributed by atoms with E-state index < -0.39 is 0 Å². The van der Waals surface area contributed by atoms with Gasteiger partial charge in [0.25, 0.3) is 5.91 Å². The Hall–Kier alpha value is -2.04. The van der Waals surface area contributed by atoms with Crippen LogP contribution in [0.3, 0.4) is 0 Å². The van der Waals surface area contributed by atoms with Crippen LogP contribution in [-0.4, -0.2) is 12.5 Å². The highest BCUT2D eigenvalue weighted by atomic mass is 35.5. The predicted molar refractivity (Wildman–Crippen MR) is 76.3 cm³/mol. The molecule has 1 amide bonds. The molecule has 0 fully saturated rings. The molecule has 0 aromatic heterocycles. The third-order valence-corrected chi connectivity index (χ3v) is 2.78. The van der Waals surface area contributed by atoms with Crippen LogP contribution >= 0.6 is 11.6 Å². The zero-order chi connectivity index (χ0) is 14.2. The lowest BCUT2D eigenvalue weighted by molar-refractivity contribution is -0.136. The minimum Gasteiger partial charge on any atom is -0.482 e. The van der Waals surface area contributed by atoms with Crippen molar-refractivity contribution in [3.8, 4) is 5.75 Å². The molecule has 0 unspecified atom stereocenters. The maximum atomic E-state index is 11.5. The van der Waals surface area contributed by atoms with Crippen LogP contribution in [-0.2, 0) is 16.2 Å². The van der Waals surface area contributed by atoms with Crippen LogP contribution in [0, 0.1) is 0 Å². The second kappa shape index (κ2) is 7.53. The number of hydrogen-bond donors (Lipinski definition) is 1. The summed E-state index contributed by atoms with van der Waals surface area (Å²) >= 11 is 5.90. The van der Waals surface area contributed by atoms with Crippen LogP contribution in [0.4, 0.5) is 0 Å². The zero-order valence-electron chi connectivity index (χ0n) is 10.7. The molecular formula is C15H14ClNO3. The number of amides is 1. The SMILES string of the molecule is O=C(COc1ccccc1Cl)NOCc1ccccc1. The molecule has 1 N–H and O–H groups in total. The van der Waals surface area contributed by atoms with Gasteiger partial charge in [-0.3, -0.25) is 9.63 Å². The van der Waals surface area contributed by atoms with E-state index >= 15 is 0 Å². The van der Waals surface area contributed by atoms with E-state index in [1.54, 1.807) is 24.3 Å². The first-order valence-electron chi connectivity index (χ1n) is 6.07. The molecule has 0 saturated heterocycles. The van der Waals surface area contributed by atoms with Gasteiger partial charge in [0.2, 0.25) is 0 Å². The van der Waals surface area contributed by atoms with Crippen LogP contribution < -0.4 is 10.2 Å². The number of hydrogen-bond acceptors (Lipinski definition) is 3. The molecule has 0 aliphatic heterocycles. The van der Waals surface area contributed by atoms with E-state index in [0.29, 0.717) is 17.4 Å². The highest BCUT2D eigenvalue weighted by Gasteiger charge is 2.05. The van der Waals surface area contributed by atoms with Gasteiger partial charge < -0.3 is 4.74 Å². The Morgan fingerprint density at radius 1 is 1.05 bits per heavy atom. The molecule has 0 radical (unpaired) electrons. The summed E-state index contributed by atoms with van der Waals surface area (Å²) in [7, 11) is 0. The van der Waals surface area contributed by atoms with E-state index in [2.05, 4.69) is 5.48 Å². The molecule has 104 valence electrons. The number of nitrogens with one attached hydrogen (secondary N) is 1. The summed E-state index contributed by atoms with van der Waals surface area (Å²) < 4.78 is 5.28. The van der Waals surface area contributed by atoms with Crippen LogP contribution in [0.25, 0.3) is 0 Å². The third kappa shape index (κ3) is 4.57. The molecule has 0 aliphatic carbocycles. The first-order chi connectivity index (χ1) is 9.75. The molecule has 0 aliphatic rings. The molecule has 0 atom stereocenters. The fourth-order valence-electron chi connectivity index (χ4n) is 1.51. The Labute approximate surface area is 122 Å². The van der Waals surface area contributed by atoms with Crippen molar-refractivity contribution >= 4 is 17.5 Å². The Bertz CT molecular complexity index is 560. The Morgan fingerprint density at radius 3 is 2.50 bits per heavy atom. The maximum absolute atomic E-state index is 11.5. The smallest absolute Gasteiger partial charge is 0.281 e. The Balaban J connectivity index is 1.70. The Morgan fingerprint density at radius 2 is 1.75 bits per heavy atom. The predicted octanol–water partition coefficient (Wildman–Crippen LogP) is 2.97. The highest BCUT2D eigenvalue weighted by Crippen LogP contribution is 2.22. The Kier molecular flexibility index (Phi) is 5.41. The number of carbonyl (C=O) groups is 1. The summed E-state index contributed by atoms with van der Waals surface area (Å²) in [4.78, 5) is 16.6. The number of benzene rings is 2. The molecule has 0 saturated carbocycles. The minimum atomic E-state index is -0.374. The summed E-state index contributed by atoms with van der Waals surface area (Å²) in [6.45, 7) is 0.150. The molecule has 0 heterocycles. The molecule has 4 nitrogen and oxygen atoms in total. The number of carbonyl (C=O) groups excluding carboxylic acids is 1. The monoisotopic (exact) mass is 291 g/mol. The van der Waals surface area contributed by atoms with Crippen molar-refractivity contribution < 1.29 is 14.4 Å². The van der Waals surface area contributed by atoms with Crippen molar-refractivity contribution in [2.75, 3.05) is 6.61 Å². The van der Waals surface area contributed by atoms with Crippen LogP contribution in [0.2, 0.25) is 5.02 Å². The second-order valence-electron chi connectivity index (χ2n) is 4.02. The molecule has 2 rings (SSSR count). The molecular weight excluding hydrogens is 278 g/mol. The molecule has 5 heteroatoms. The largest absolute Gasteiger partial charge is 0.482 e. The number of halogens is 1. The van der Waals surface area contributed by atoms with Gasteiger partial charge in [-0.15, -0.1) is 0 Å². The van der Waals surface area contributed by atoms with E-state index in [9.17, 15) is 4.79 Å². The normalized spacial score (nSPS) is 10.1. The first-order valence-corrected chi connectivity index (χ1v) is 6.45. The number of ether oxygens (including phenoxy) is 1. The van der Waals surface area contributed by atoms with Gasteiger partial charge in [-0.25, -0.2) is 5.48 Å². The van der Waals surface area contributed by atoms with Crippen molar-refractivity contribution in [3.05, 3.63) is 65.2 Å². The minimum absolute atomic E-state index is 0.154. The average molecular weight is 292 g/mol. The van der Waals surface area contributed by atoms with Crippen molar-refractivity contribution in [2.45, 2.75) is 6.61 Å². The van der Waals surface area contributed by atoms with Crippen molar-refractivity contribution in [1.29, 1.82) is 0 Å². The number of hydroxylamine groups is 1. The van der Waals surface area contributed by atoms with E-state index in [4.69, 9.17) is 21.2 Å². The maximum Gasteiger partial charge on any atom is 0.281 e. The summed E-state index contributed by atoms with van der Waals surface area (Å²) in [5.74, 6) is 0.0910. The van der Waals surface area contributed by atoms with Crippen LogP contribution in [0.1, 0.15) is 5.56 Å². The second-order valence-corrected chi connectivity index (χ2v) is 4.43. The highest BCUT2D eigenvalue weighted by molar-refractivity contribution is 6.32. The van der Waals surface area contributed by atoms with Gasteiger partial charge in [0.05, 0.1) is 11.6 Å². The fraction of sp³-hybridized carbons (Fsp3) is 0.133. The summed E-state index contributed by atoms with van der Waals surface area (Å²) in [5.41, 5.74) is 3.29. The van der Waals surface area contributed by atoms with E-state index in [1.165, 1.54) is 0 Å². The summed E-state index contributed by atoms with van der Waals surface area (Å²) in [6.07, 6.45) is 0. The average Bonchev–Trinajstić information content (AvgIpc) is 2.47. The molecule has 0 spiro atoms. The standard InChI is InChI=1S/C15H14ClNO3/c16-13-8-4-5-9-14(13)19-11-15(18)17-20-10-12-6-2-1-3-7-12/h1-9H,10-11H2,(H,17,18). The van der Waals surface area contributed by atoms with Gasteiger partial charge in [0, 0.05) is 0 Å². The number of rotatable bonds is 6. The third-order valence-electron chi connectivity index (χ3n) is 2.46. The molecule has 20 heavy (non-hydrogen) atoms. The van der Waals surface area contributed by atoms with Gasteiger partial charge in [0.1, 0.15) is 5.75 Å². The zero-order valence-corrected chi connectivity index (χ0v) is 11.5. The van der Waals surface area contributed by atoms with Gasteiger partial charge in [-0.2, -0.15) is 0 Å². The topological polar surface area (TPSA) is 47.6 Å². The van der Waals surface area contributed by atoms with Gasteiger partial charge in [-0.05, 0) is 17.7 Å². The lowest BCUT2D eigenvalue weighted by atomic mass is 10.2. The first kappa shape index (κ1) is 14.4. The quantitative estimate of drug-likeness (QED) is 0.832. The molecule has 2 aromatic rings. The summed E-state index contributed by atoms with van der Waals surface area (Å²) in [6, 6.07) is 16.5.